The lowest BCUT2D eigenvalue weighted by atomic mass is 10.0. The fourth-order valence-corrected chi connectivity index (χ4v) is 5.20. The van der Waals surface area contributed by atoms with E-state index in [1.54, 1.807) is 18.2 Å². The van der Waals surface area contributed by atoms with Gasteiger partial charge in [0.1, 0.15) is 18.1 Å². The van der Waals surface area contributed by atoms with Crippen LogP contribution in [0.3, 0.4) is 0 Å². The van der Waals surface area contributed by atoms with Gasteiger partial charge in [0.25, 0.3) is 5.91 Å². The molecule has 0 bridgehead atoms. The second kappa shape index (κ2) is 14.1. The first-order valence-electron chi connectivity index (χ1n) is 14.6. The smallest absolute Gasteiger partial charge is 0.303 e. The highest BCUT2D eigenvalue weighted by Gasteiger charge is 2.23. The molecule has 5 rings (SSSR count). The lowest BCUT2D eigenvalue weighted by Gasteiger charge is -2.32. The molecular formula is C33H36N2O9. The van der Waals surface area contributed by atoms with Crippen LogP contribution in [0.4, 0.5) is 0 Å². The standard InChI is InChI=1S/C33H36N2O9/c1-34-11-13-35(14-12-34)33(40)25-16-24(22-7-9-29-30(19-22)44-21-43-29)17-26(18-25)42-20-23-4-2-5-28(27(23)8-10-32(38)39)41-15-3-6-31(36)37/h2,4-5,7,9,16-19H,3,6,8,10-15,20-21H2,1H3,(H,36,37)(H,38,39). The van der Waals surface area contributed by atoms with E-state index in [1.165, 1.54) is 0 Å². The van der Waals surface area contributed by atoms with Crippen molar-refractivity contribution in [3.05, 3.63) is 71.3 Å². The first kappa shape index (κ1) is 30.7. The lowest BCUT2D eigenvalue weighted by molar-refractivity contribution is -0.138. The molecule has 11 heteroatoms. The molecule has 2 aliphatic heterocycles. The summed E-state index contributed by atoms with van der Waals surface area (Å²) in [6.07, 6.45) is 0.409. The first-order chi connectivity index (χ1) is 21.3. The second-order valence-electron chi connectivity index (χ2n) is 10.8. The highest BCUT2D eigenvalue weighted by atomic mass is 16.7. The van der Waals surface area contributed by atoms with Crippen molar-refractivity contribution in [2.45, 2.75) is 32.3 Å². The van der Waals surface area contributed by atoms with E-state index in [9.17, 15) is 19.5 Å². The zero-order valence-corrected chi connectivity index (χ0v) is 24.6. The number of carbonyl (C=O) groups is 3. The number of fused-ring (bicyclic) bond motifs is 1. The summed E-state index contributed by atoms with van der Waals surface area (Å²) < 4.78 is 23.2. The topological polar surface area (TPSA) is 135 Å². The van der Waals surface area contributed by atoms with E-state index in [1.807, 2.05) is 48.3 Å². The van der Waals surface area contributed by atoms with Crippen LogP contribution in [-0.4, -0.2) is 84.5 Å². The van der Waals surface area contributed by atoms with Crippen LogP contribution in [0.25, 0.3) is 11.1 Å². The summed E-state index contributed by atoms with van der Waals surface area (Å²) >= 11 is 0. The van der Waals surface area contributed by atoms with Gasteiger partial charge in [0.05, 0.1) is 6.61 Å². The first-order valence-corrected chi connectivity index (χ1v) is 14.6. The molecule has 0 atom stereocenters. The van der Waals surface area contributed by atoms with E-state index >= 15 is 0 Å². The van der Waals surface area contributed by atoms with Crippen molar-refractivity contribution in [3.8, 4) is 34.1 Å². The number of hydrogen-bond acceptors (Lipinski definition) is 8. The van der Waals surface area contributed by atoms with Crippen molar-refractivity contribution in [3.63, 3.8) is 0 Å². The number of rotatable bonds is 13. The van der Waals surface area contributed by atoms with Crippen molar-refractivity contribution in [1.82, 2.24) is 9.80 Å². The summed E-state index contributed by atoms with van der Waals surface area (Å²) in [5, 5.41) is 18.3. The molecule has 0 spiro atoms. The summed E-state index contributed by atoms with van der Waals surface area (Å²) in [4.78, 5) is 39.9. The summed E-state index contributed by atoms with van der Waals surface area (Å²) in [7, 11) is 2.04. The maximum absolute atomic E-state index is 13.6. The van der Waals surface area contributed by atoms with E-state index in [2.05, 4.69) is 4.90 Å². The molecule has 0 saturated carbocycles. The third kappa shape index (κ3) is 7.78. The predicted octanol–water partition coefficient (Wildman–Crippen LogP) is 4.31. The number of likely N-dealkylation sites (N-methyl/N-ethyl adjacent to an activating group) is 1. The Morgan fingerprint density at radius 1 is 0.841 bits per heavy atom. The number of carboxylic acids is 2. The second-order valence-corrected chi connectivity index (χ2v) is 10.8. The zero-order chi connectivity index (χ0) is 31.1. The molecule has 232 valence electrons. The van der Waals surface area contributed by atoms with Gasteiger partial charge in [0, 0.05) is 50.1 Å². The van der Waals surface area contributed by atoms with Gasteiger partial charge in [-0.05, 0) is 73.0 Å². The van der Waals surface area contributed by atoms with Crippen LogP contribution in [0, 0.1) is 0 Å². The highest BCUT2D eigenvalue weighted by molar-refractivity contribution is 5.96. The fourth-order valence-electron chi connectivity index (χ4n) is 5.20. The number of carboxylic acid groups (broad SMARTS) is 2. The largest absolute Gasteiger partial charge is 0.493 e. The molecule has 0 aliphatic carbocycles. The molecule has 1 fully saturated rings. The number of benzene rings is 3. The molecule has 2 heterocycles. The minimum absolute atomic E-state index is 0.0256. The average molecular weight is 605 g/mol. The van der Waals surface area contributed by atoms with E-state index in [-0.39, 0.29) is 45.2 Å². The average Bonchev–Trinajstić information content (AvgIpc) is 3.49. The molecule has 11 nitrogen and oxygen atoms in total. The predicted molar refractivity (Wildman–Crippen MR) is 160 cm³/mol. The van der Waals surface area contributed by atoms with Crippen LogP contribution in [0.5, 0.6) is 23.0 Å². The van der Waals surface area contributed by atoms with Crippen molar-refractivity contribution in [2.24, 2.45) is 0 Å². The van der Waals surface area contributed by atoms with Crippen LogP contribution in [0.15, 0.2) is 54.6 Å². The van der Waals surface area contributed by atoms with Gasteiger partial charge in [-0.3, -0.25) is 14.4 Å². The van der Waals surface area contributed by atoms with E-state index in [0.29, 0.717) is 53.6 Å². The van der Waals surface area contributed by atoms with Gasteiger partial charge >= 0.3 is 11.9 Å². The monoisotopic (exact) mass is 604 g/mol. The molecule has 3 aromatic rings. The number of hydrogen-bond donors (Lipinski definition) is 2. The Bertz CT molecular complexity index is 1520. The Morgan fingerprint density at radius 3 is 2.39 bits per heavy atom. The SMILES string of the molecule is CN1CCN(C(=O)c2cc(OCc3cccc(OCCCC(=O)O)c3CCC(=O)O)cc(-c3ccc4c(c3)OCO4)c2)CC1. The van der Waals surface area contributed by atoms with Crippen LogP contribution in [0.1, 0.15) is 40.7 Å². The minimum atomic E-state index is -0.943. The minimum Gasteiger partial charge on any atom is -0.493 e. The van der Waals surface area contributed by atoms with Crippen molar-refractivity contribution >= 4 is 17.8 Å². The van der Waals surface area contributed by atoms with Crippen LogP contribution >= 0.6 is 0 Å². The molecule has 44 heavy (non-hydrogen) atoms. The number of aliphatic carboxylic acids is 2. The van der Waals surface area contributed by atoms with E-state index in [0.717, 1.165) is 29.8 Å². The van der Waals surface area contributed by atoms with Gasteiger partial charge in [0.15, 0.2) is 11.5 Å². The summed E-state index contributed by atoms with van der Waals surface area (Å²) in [5.41, 5.74) is 3.54. The number of nitrogens with zero attached hydrogens (tertiary/aromatic N) is 2. The molecule has 2 aliphatic rings. The van der Waals surface area contributed by atoms with Gasteiger partial charge in [-0.15, -0.1) is 0 Å². The lowest BCUT2D eigenvalue weighted by Crippen LogP contribution is -2.47. The van der Waals surface area contributed by atoms with E-state index in [4.69, 9.17) is 24.1 Å². The number of carbonyl (C=O) groups excluding carboxylic acids is 1. The summed E-state index contributed by atoms with van der Waals surface area (Å²) in [5.74, 6) is 0.339. The van der Waals surface area contributed by atoms with Crippen LogP contribution in [-0.2, 0) is 22.6 Å². The van der Waals surface area contributed by atoms with Gasteiger partial charge in [-0.1, -0.05) is 18.2 Å². The molecule has 2 N–H and O–H groups in total. The third-order valence-electron chi connectivity index (χ3n) is 7.66. The van der Waals surface area contributed by atoms with Gasteiger partial charge in [0.2, 0.25) is 6.79 Å². The maximum atomic E-state index is 13.6. The quantitative estimate of drug-likeness (QED) is 0.272. The normalized spacial score (nSPS) is 14.3. The molecule has 1 saturated heterocycles. The molecule has 1 amide bonds. The molecular weight excluding hydrogens is 568 g/mol. The Labute approximate surface area is 255 Å². The molecule has 0 unspecified atom stereocenters. The van der Waals surface area contributed by atoms with Crippen molar-refractivity contribution in [1.29, 1.82) is 0 Å². The Balaban J connectivity index is 1.42. The number of ether oxygens (including phenoxy) is 4. The van der Waals surface area contributed by atoms with Crippen LogP contribution in [0.2, 0.25) is 0 Å². The molecule has 0 radical (unpaired) electrons. The molecule has 0 aromatic heterocycles. The van der Waals surface area contributed by atoms with Gasteiger partial charge in [-0.25, -0.2) is 0 Å². The Morgan fingerprint density at radius 2 is 1.61 bits per heavy atom. The van der Waals surface area contributed by atoms with Gasteiger partial charge in [-0.2, -0.15) is 0 Å². The van der Waals surface area contributed by atoms with Crippen LogP contribution < -0.4 is 18.9 Å². The fraction of sp³-hybridized carbons (Fsp3) is 0.364. The zero-order valence-electron chi connectivity index (χ0n) is 24.6. The maximum Gasteiger partial charge on any atom is 0.303 e. The highest BCUT2D eigenvalue weighted by Crippen LogP contribution is 2.37. The third-order valence-corrected chi connectivity index (χ3v) is 7.66. The van der Waals surface area contributed by atoms with Gasteiger partial charge < -0.3 is 39.0 Å². The Hall–Kier alpha value is -4.77. The summed E-state index contributed by atoms with van der Waals surface area (Å²) in [6.45, 7) is 3.30. The van der Waals surface area contributed by atoms with Crippen molar-refractivity contribution < 1.29 is 43.5 Å². The summed E-state index contributed by atoms with van der Waals surface area (Å²) in [6, 6.07) is 16.5. The number of amides is 1. The number of piperazine rings is 1. The van der Waals surface area contributed by atoms with E-state index < -0.39 is 11.9 Å². The van der Waals surface area contributed by atoms with Crippen molar-refractivity contribution in [2.75, 3.05) is 46.6 Å². The Kier molecular flexibility index (Phi) is 9.86. The molecule has 3 aromatic carbocycles.